The van der Waals surface area contributed by atoms with Crippen LogP contribution in [0.1, 0.15) is 30.1 Å². The van der Waals surface area contributed by atoms with Crippen LogP contribution in [0.15, 0.2) is 88.1 Å². The van der Waals surface area contributed by atoms with Crippen molar-refractivity contribution in [3.05, 3.63) is 94.8 Å². The Kier molecular flexibility index (Phi) is 5.69. The van der Waals surface area contributed by atoms with Gasteiger partial charge < -0.3 is 14.6 Å². The molecular formula is C28H26N2O3. The number of para-hydroxylation sites is 1. The first-order valence-corrected chi connectivity index (χ1v) is 11.4. The van der Waals surface area contributed by atoms with E-state index in [4.69, 9.17) is 4.42 Å². The highest BCUT2D eigenvalue weighted by Gasteiger charge is 2.16. The molecule has 1 fully saturated rings. The summed E-state index contributed by atoms with van der Waals surface area (Å²) in [5, 5.41) is 3.81. The summed E-state index contributed by atoms with van der Waals surface area (Å²) >= 11 is 0. The number of hydrogen-bond donors (Lipinski definition) is 1. The van der Waals surface area contributed by atoms with Gasteiger partial charge in [-0.15, -0.1) is 0 Å². The lowest BCUT2D eigenvalue weighted by Gasteiger charge is -2.32. The molecule has 4 aromatic rings. The molecule has 1 amide bonds. The molecule has 1 aliphatic rings. The van der Waals surface area contributed by atoms with Crippen molar-refractivity contribution in [2.24, 2.45) is 5.92 Å². The van der Waals surface area contributed by atoms with Gasteiger partial charge in [0.1, 0.15) is 5.58 Å². The number of piperidine rings is 1. The second-order valence-corrected chi connectivity index (χ2v) is 8.73. The molecule has 0 unspecified atom stereocenters. The van der Waals surface area contributed by atoms with E-state index in [2.05, 4.69) is 29.3 Å². The lowest BCUT2D eigenvalue weighted by atomic mass is 9.99. The van der Waals surface area contributed by atoms with Crippen LogP contribution in [0.25, 0.3) is 22.1 Å². The number of amides is 1. The summed E-state index contributed by atoms with van der Waals surface area (Å²) in [6, 6.07) is 24.2. The zero-order valence-electron chi connectivity index (χ0n) is 18.6. The molecule has 1 aliphatic heterocycles. The van der Waals surface area contributed by atoms with Crippen molar-refractivity contribution in [2.75, 3.05) is 23.3 Å². The molecule has 3 aromatic carbocycles. The molecule has 5 nitrogen and oxygen atoms in total. The minimum atomic E-state index is -0.394. The number of benzene rings is 3. The quantitative estimate of drug-likeness (QED) is 0.400. The lowest BCUT2D eigenvalue weighted by molar-refractivity contribution is 0.102. The SMILES string of the molecule is CC1CCN(c2ccc(NC(=O)c3ccc(-c4cc5ccccc5oc4=O)cc3)cc2)CC1. The van der Waals surface area contributed by atoms with Crippen LogP contribution in [0.2, 0.25) is 0 Å². The van der Waals surface area contributed by atoms with Crippen molar-refractivity contribution >= 4 is 28.3 Å². The Bertz CT molecular complexity index is 1330. The van der Waals surface area contributed by atoms with Gasteiger partial charge in [0.25, 0.3) is 5.91 Å². The van der Waals surface area contributed by atoms with Crippen molar-refractivity contribution in [3.63, 3.8) is 0 Å². The third-order valence-electron chi connectivity index (χ3n) is 6.37. The van der Waals surface area contributed by atoms with E-state index in [0.717, 1.165) is 30.1 Å². The summed E-state index contributed by atoms with van der Waals surface area (Å²) in [7, 11) is 0. The van der Waals surface area contributed by atoms with Crippen molar-refractivity contribution in [1.82, 2.24) is 0 Å². The maximum atomic E-state index is 12.7. The van der Waals surface area contributed by atoms with Crippen LogP contribution in [-0.2, 0) is 0 Å². The fourth-order valence-corrected chi connectivity index (χ4v) is 4.29. The van der Waals surface area contributed by atoms with Crippen LogP contribution in [-0.4, -0.2) is 19.0 Å². The highest BCUT2D eigenvalue weighted by atomic mass is 16.4. The molecule has 1 N–H and O–H groups in total. The predicted molar refractivity (Wildman–Crippen MR) is 133 cm³/mol. The first-order valence-electron chi connectivity index (χ1n) is 11.4. The Labute approximate surface area is 192 Å². The molecule has 1 saturated heterocycles. The summed E-state index contributed by atoms with van der Waals surface area (Å²) in [6.07, 6.45) is 2.44. The molecule has 5 heteroatoms. The van der Waals surface area contributed by atoms with E-state index in [0.29, 0.717) is 22.3 Å². The smallest absolute Gasteiger partial charge is 0.344 e. The van der Waals surface area contributed by atoms with Gasteiger partial charge >= 0.3 is 5.63 Å². The number of hydrogen-bond acceptors (Lipinski definition) is 4. The molecular weight excluding hydrogens is 412 g/mol. The molecule has 0 spiro atoms. The molecule has 1 aromatic heterocycles. The molecule has 0 radical (unpaired) electrons. The Balaban J connectivity index is 1.28. The van der Waals surface area contributed by atoms with Gasteiger partial charge in [-0.25, -0.2) is 4.79 Å². The van der Waals surface area contributed by atoms with Crippen molar-refractivity contribution < 1.29 is 9.21 Å². The minimum Gasteiger partial charge on any atom is -0.422 e. The molecule has 0 aliphatic carbocycles. The third-order valence-corrected chi connectivity index (χ3v) is 6.37. The van der Waals surface area contributed by atoms with Crippen LogP contribution >= 0.6 is 0 Å². The number of nitrogens with zero attached hydrogens (tertiary/aromatic N) is 1. The highest BCUT2D eigenvalue weighted by molar-refractivity contribution is 6.04. The number of fused-ring (bicyclic) bond motifs is 1. The minimum absolute atomic E-state index is 0.188. The van der Waals surface area contributed by atoms with Crippen molar-refractivity contribution in [1.29, 1.82) is 0 Å². The standard InChI is InChI=1S/C28H26N2O3/c1-19-14-16-30(17-15-19)24-12-10-23(11-13-24)29-27(31)21-8-6-20(7-9-21)25-18-22-4-2-3-5-26(22)33-28(25)32/h2-13,18-19H,14-17H2,1H3,(H,29,31). The number of anilines is 2. The zero-order valence-corrected chi connectivity index (χ0v) is 18.6. The van der Waals surface area contributed by atoms with Gasteiger partial charge in [-0.05, 0) is 72.9 Å². The monoisotopic (exact) mass is 438 g/mol. The fraction of sp³-hybridized carbons (Fsp3) is 0.214. The summed E-state index contributed by atoms with van der Waals surface area (Å²) in [6.45, 7) is 4.46. The molecule has 2 heterocycles. The van der Waals surface area contributed by atoms with Crippen LogP contribution in [0, 0.1) is 5.92 Å². The van der Waals surface area contributed by atoms with E-state index in [9.17, 15) is 9.59 Å². The van der Waals surface area contributed by atoms with E-state index in [-0.39, 0.29) is 5.91 Å². The Hall–Kier alpha value is -3.86. The summed E-state index contributed by atoms with van der Waals surface area (Å²) in [5.41, 5.74) is 3.83. The number of rotatable bonds is 4. The Morgan fingerprint density at radius 2 is 1.64 bits per heavy atom. The van der Waals surface area contributed by atoms with Crippen LogP contribution in [0.4, 0.5) is 11.4 Å². The Morgan fingerprint density at radius 1 is 0.939 bits per heavy atom. The Morgan fingerprint density at radius 3 is 2.36 bits per heavy atom. The average Bonchev–Trinajstić information content (AvgIpc) is 2.85. The van der Waals surface area contributed by atoms with E-state index >= 15 is 0 Å². The molecule has 0 bridgehead atoms. The summed E-state index contributed by atoms with van der Waals surface area (Å²) in [5.74, 6) is 0.605. The van der Waals surface area contributed by atoms with E-state index < -0.39 is 5.63 Å². The fourth-order valence-electron chi connectivity index (χ4n) is 4.29. The van der Waals surface area contributed by atoms with Crippen LogP contribution < -0.4 is 15.8 Å². The third kappa shape index (κ3) is 4.53. The van der Waals surface area contributed by atoms with E-state index in [1.807, 2.05) is 36.4 Å². The maximum absolute atomic E-state index is 12.7. The number of carbonyl (C=O) groups excluding carboxylic acids is 1. The van der Waals surface area contributed by atoms with Crippen LogP contribution in [0.3, 0.4) is 0 Å². The first kappa shape index (κ1) is 21.0. The number of carbonyl (C=O) groups is 1. The summed E-state index contributed by atoms with van der Waals surface area (Å²) < 4.78 is 5.42. The second kappa shape index (κ2) is 8.94. The second-order valence-electron chi connectivity index (χ2n) is 8.73. The van der Waals surface area contributed by atoms with Crippen LogP contribution in [0.5, 0.6) is 0 Å². The lowest BCUT2D eigenvalue weighted by Crippen LogP contribution is -2.32. The highest BCUT2D eigenvalue weighted by Crippen LogP contribution is 2.25. The molecule has 166 valence electrons. The normalized spacial score (nSPS) is 14.4. The van der Waals surface area contributed by atoms with E-state index in [1.54, 1.807) is 30.3 Å². The number of nitrogens with one attached hydrogen (secondary N) is 1. The predicted octanol–water partition coefficient (Wildman–Crippen LogP) is 5.95. The average molecular weight is 439 g/mol. The van der Waals surface area contributed by atoms with Gasteiger partial charge in [-0.2, -0.15) is 0 Å². The summed E-state index contributed by atoms with van der Waals surface area (Å²) in [4.78, 5) is 27.5. The maximum Gasteiger partial charge on any atom is 0.344 e. The van der Waals surface area contributed by atoms with Gasteiger partial charge in [0.2, 0.25) is 0 Å². The zero-order chi connectivity index (χ0) is 22.8. The van der Waals surface area contributed by atoms with Gasteiger partial charge in [0.15, 0.2) is 0 Å². The van der Waals surface area contributed by atoms with E-state index in [1.165, 1.54) is 18.5 Å². The van der Waals surface area contributed by atoms with Gasteiger partial charge in [0.05, 0.1) is 5.56 Å². The van der Waals surface area contributed by atoms with Crippen molar-refractivity contribution in [3.8, 4) is 11.1 Å². The molecule has 33 heavy (non-hydrogen) atoms. The van der Waals surface area contributed by atoms with Gasteiger partial charge in [0, 0.05) is 35.4 Å². The topological polar surface area (TPSA) is 62.6 Å². The van der Waals surface area contributed by atoms with Gasteiger partial charge in [-0.3, -0.25) is 4.79 Å². The molecule has 0 saturated carbocycles. The molecule has 0 atom stereocenters. The largest absolute Gasteiger partial charge is 0.422 e. The van der Waals surface area contributed by atoms with Gasteiger partial charge in [-0.1, -0.05) is 37.3 Å². The van der Waals surface area contributed by atoms with Crippen molar-refractivity contribution in [2.45, 2.75) is 19.8 Å². The first-order chi connectivity index (χ1) is 16.1. The molecule has 5 rings (SSSR count).